The van der Waals surface area contributed by atoms with Crippen molar-refractivity contribution in [3.63, 3.8) is 0 Å². The van der Waals surface area contributed by atoms with Crippen molar-refractivity contribution in [1.29, 1.82) is 0 Å². The van der Waals surface area contributed by atoms with Crippen molar-refractivity contribution in [2.24, 2.45) is 11.8 Å². The van der Waals surface area contributed by atoms with E-state index >= 15 is 0 Å². The lowest BCUT2D eigenvalue weighted by Crippen LogP contribution is -2.41. The van der Waals surface area contributed by atoms with Crippen molar-refractivity contribution in [2.75, 3.05) is 20.1 Å². The van der Waals surface area contributed by atoms with Gasteiger partial charge in [-0.25, -0.2) is 0 Å². The van der Waals surface area contributed by atoms with Crippen LogP contribution in [0, 0.1) is 11.8 Å². The summed E-state index contributed by atoms with van der Waals surface area (Å²) in [6.07, 6.45) is 4.09. The van der Waals surface area contributed by atoms with Crippen molar-refractivity contribution >= 4 is 5.78 Å². The van der Waals surface area contributed by atoms with Crippen LogP contribution in [0.3, 0.4) is 0 Å². The number of carbonyl (C=O) groups is 1. The molecule has 3 heteroatoms. The van der Waals surface area contributed by atoms with E-state index in [0.29, 0.717) is 0 Å². The van der Waals surface area contributed by atoms with E-state index in [2.05, 4.69) is 11.9 Å². The van der Waals surface area contributed by atoms with E-state index in [1.54, 1.807) is 0 Å². The van der Waals surface area contributed by atoms with E-state index in [-0.39, 0.29) is 17.3 Å². The van der Waals surface area contributed by atoms with E-state index in [1.807, 2.05) is 27.7 Å². The van der Waals surface area contributed by atoms with Crippen molar-refractivity contribution < 1.29 is 9.53 Å². The van der Waals surface area contributed by atoms with Crippen LogP contribution in [0.15, 0.2) is 0 Å². The Labute approximate surface area is 111 Å². The third kappa shape index (κ3) is 2.62. The molecule has 0 bridgehead atoms. The number of ether oxygens (including phenoxy) is 1. The third-order valence-corrected chi connectivity index (χ3v) is 4.56. The number of hydrogen-bond donors (Lipinski definition) is 0. The zero-order chi connectivity index (χ0) is 13.6. The lowest BCUT2D eigenvalue weighted by molar-refractivity contribution is -0.132. The van der Waals surface area contributed by atoms with Crippen LogP contribution in [0.1, 0.15) is 47.0 Å². The Balaban J connectivity index is 1.96. The summed E-state index contributed by atoms with van der Waals surface area (Å²) in [5, 5.41) is 0. The lowest BCUT2D eigenvalue weighted by atomic mass is 9.83. The highest BCUT2D eigenvalue weighted by Gasteiger charge is 2.53. The van der Waals surface area contributed by atoms with E-state index < -0.39 is 5.60 Å². The molecule has 2 fully saturated rings. The number of ketones is 1. The molecule has 1 saturated carbocycles. The van der Waals surface area contributed by atoms with Gasteiger partial charge in [-0.3, -0.25) is 4.79 Å². The predicted molar refractivity (Wildman–Crippen MR) is 72.6 cm³/mol. The van der Waals surface area contributed by atoms with Gasteiger partial charge in [-0.15, -0.1) is 0 Å². The molecule has 104 valence electrons. The van der Waals surface area contributed by atoms with Gasteiger partial charge in [0.2, 0.25) is 0 Å². The molecule has 2 aliphatic rings. The minimum atomic E-state index is -0.620. The van der Waals surface area contributed by atoms with Crippen LogP contribution in [0.5, 0.6) is 0 Å². The summed E-state index contributed by atoms with van der Waals surface area (Å²) in [5.41, 5.74) is -0.958. The number of carbonyl (C=O) groups excluding carboxylic acids is 1. The van der Waals surface area contributed by atoms with Gasteiger partial charge >= 0.3 is 0 Å². The van der Waals surface area contributed by atoms with Crippen LogP contribution in [0.25, 0.3) is 0 Å². The van der Waals surface area contributed by atoms with Crippen molar-refractivity contribution in [1.82, 2.24) is 4.90 Å². The molecular weight excluding hydrogens is 226 g/mol. The maximum absolute atomic E-state index is 12.4. The summed E-state index contributed by atoms with van der Waals surface area (Å²) in [6, 6.07) is 0. The first-order valence-corrected chi connectivity index (χ1v) is 7.15. The topological polar surface area (TPSA) is 29.5 Å². The van der Waals surface area contributed by atoms with Crippen LogP contribution >= 0.6 is 0 Å². The zero-order valence-electron chi connectivity index (χ0n) is 12.5. The van der Waals surface area contributed by atoms with Gasteiger partial charge in [0.25, 0.3) is 0 Å². The summed E-state index contributed by atoms with van der Waals surface area (Å²) in [5.74, 6) is 1.11. The van der Waals surface area contributed by atoms with E-state index in [9.17, 15) is 4.79 Å². The molecule has 0 aromatic rings. The smallest absolute Gasteiger partial charge is 0.171 e. The fraction of sp³-hybridized carbons (Fsp3) is 0.933. The highest BCUT2D eigenvalue weighted by molar-refractivity contribution is 5.91. The van der Waals surface area contributed by atoms with E-state index in [1.165, 1.54) is 19.3 Å². The molecule has 1 unspecified atom stereocenters. The quantitative estimate of drug-likeness (QED) is 0.771. The number of Topliss-reactive ketones (excluding diaryl/α,β-unsaturated/α-hetero) is 1. The molecule has 0 aromatic heterocycles. The molecule has 0 spiro atoms. The summed E-state index contributed by atoms with van der Waals surface area (Å²) < 4.78 is 5.93. The average Bonchev–Trinajstić information content (AvgIpc) is 2.30. The van der Waals surface area contributed by atoms with Crippen LogP contribution < -0.4 is 0 Å². The van der Waals surface area contributed by atoms with Crippen LogP contribution in [-0.4, -0.2) is 42.0 Å². The standard InChI is InChI=1S/C15H27NO2/c1-14(2)12(13(17)15(3,4)18-14)10-16(5)9-11-7-6-8-11/h11-12H,6-10H2,1-5H3. The maximum Gasteiger partial charge on any atom is 0.171 e. The first-order chi connectivity index (χ1) is 8.22. The summed E-state index contributed by atoms with van der Waals surface area (Å²) in [6.45, 7) is 9.82. The molecule has 3 nitrogen and oxygen atoms in total. The molecule has 18 heavy (non-hydrogen) atoms. The van der Waals surface area contributed by atoms with Crippen molar-refractivity contribution in [2.45, 2.75) is 58.2 Å². The van der Waals surface area contributed by atoms with Crippen LogP contribution in [-0.2, 0) is 9.53 Å². The fourth-order valence-electron chi connectivity index (χ4n) is 3.32. The highest BCUT2D eigenvalue weighted by Crippen LogP contribution is 2.39. The van der Waals surface area contributed by atoms with E-state index in [4.69, 9.17) is 4.74 Å². The first kappa shape index (κ1) is 14.0. The Bertz CT molecular complexity index is 331. The van der Waals surface area contributed by atoms with Gasteiger partial charge in [-0.1, -0.05) is 6.42 Å². The number of rotatable bonds is 4. The van der Waals surface area contributed by atoms with Gasteiger partial charge in [-0.2, -0.15) is 0 Å². The monoisotopic (exact) mass is 253 g/mol. The fourth-order valence-corrected chi connectivity index (χ4v) is 3.32. The summed E-state index contributed by atoms with van der Waals surface area (Å²) in [7, 11) is 2.13. The molecule has 0 N–H and O–H groups in total. The summed E-state index contributed by atoms with van der Waals surface area (Å²) in [4.78, 5) is 14.7. The van der Waals surface area contributed by atoms with E-state index in [0.717, 1.165) is 19.0 Å². The van der Waals surface area contributed by atoms with Crippen molar-refractivity contribution in [3.05, 3.63) is 0 Å². The minimum Gasteiger partial charge on any atom is -0.361 e. The highest BCUT2D eigenvalue weighted by atomic mass is 16.5. The third-order valence-electron chi connectivity index (χ3n) is 4.56. The SMILES string of the molecule is CN(CC1CCC1)CC1C(=O)C(C)(C)OC1(C)C. The Morgan fingerprint density at radius 2 is 1.83 bits per heavy atom. The number of nitrogens with zero attached hydrogens (tertiary/aromatic N) is 1. The second kappa shape index (κ2) is 4.61. The Hall–Kier alpha value is -0.410. The van der Waals surface area contributed by atoms with Gasteiger partial charge < -0.3 is 9.64 Å². The predicted octanol–water partition coefficient (Wildman–Crippen LogP) is 2.49. The number of hydrogen-bond acceptors (Lipinski definition) is 3. The Morgan fingerprint density at radius 1 is 1.22 bits per heavy atom. The first-order valence-electron chi connectivity index (χ1n) is 7.15. The summed E-state index contributed by atoms with van der Waals surface area (Å²) >= 11 is 0. The van der Waals surface area contributed by atoms with Crippen LogP contribution in [0.2, 0.25) is 0 Å². The van der Waals surface area contributed by atoms with Crippen LogP contribution in [0.4, 0.5) is 0 Å². The van der Waals surface area contributed by atoms with Crippen molar-refractivity contribution in [3.8, 4) is 0 Å². The molecule has 1 atom stereocenters. The Kier molecular flexibility index (Phi) is 3.58. The second-order valence-corrected chi connectivity index (χ2v) is 7.15. The minimum absolute atomic E-state index is 0.00224. The molecule has 2 rings (SSSR count). The van der Waals surface area contributed by atoms with Gasteiger partial charge in [0.15, 0.2) is 5.78 Å². The molecular formula is C15H27NO2. The van der Waals surface area contributed by atoms with Gasteiger partial charge in [0, 0.05) is 13.1 Å². The van der Waals surface area contributed by atoms with Gasteiger partial charge in [0.1, 0.15) is 5.60 Å². The molecule has 0 aromatic carbocycles. The second-order valence-electron chi connectivity index (χ2n) is 7.15. The molecule has 0 amide bonds. The molecule has 1 aliphatic heterocycles. The van der Waals surface area contributed by atoms with Gasteiger partial charge in [0.05, 0.1) is 11.5 Å². The lowest BCUT2D eigenvalue weighted by Gasteiger charge is -2.33. The molecule has 1 saturated heterocycles. The normalized spacial score (nSPS) is 30.8. The average molecular weight is 253 g/mol. The van der Waals surface area contributed by atoms with Gasteiger partial charge in [-0.05, 0) is 53.5 Å². The zero-order valence-corrected chi connectivity index (χ0v) is 12.5. The Morgan fingerprint density at radius 3 is 2.22 bits per heavy atom. The largest absolute Gasteiger partial charge is 0.361 e. The maximum atomic E-state index is 12.4. The molecule has 1 heterocycles. The molecule has 1 aliphatic carbocycles. The molecule has 0 radical (unpaired) electrons.